The first kappa shape index (κ1) is 26.8. The Morgan fingerprint density at radius 2 is 1.41 bits per heavy atom. The van der Waals surface area contributed by atoms with Crippen LogP contribution in [-0.4, -0.2) is 45.8 Å². The summed E-state index contributed by atoms with van der Waals surface area (Å²) >= 11 is 0. The minimum absolute atomic E-state index is 0.0379. The number of benzene rings is 3. The molecule has 9 heteroatoms. The molecular weight excluding hydrogens is 529 g/mol. The van der Waals surface area contributed by atoms with Crippen molar-refractivity contribution in [2.24, 2.45) is 5.10 Å². The van der Waals surface area contributed by atoms with E-state index in [-0.39, 0.29) is 12.3 Å². The highest BCUT2D eigenvalue weighted by Crippen LogP contribution is 2.47. The van der Waals surface area contributed by atoms with Gasteiger partial charge in [-0.2, -0.15) is 23.4 Å². The lowest BCUT2D eigenvalue weighted by Gasteiger charge is -2.42. The Hall–Kier alpha value is -4.40. The number of aromatic nitrogens is 2. The minimum atomic E-state index is -4.51. The summed E-state index contributed by atoms with van der Waals surface area (Å²) in [6, 6.07) is 30.1. The second-order valence-electron chi connectivity index (χ2n) is 10.2. The first-order valence-electron chi connectivity index (χ1n) is 13.7. The van der Waals surface area contributed by atoms with Gasteiger partial charge in [0.15, 0.2) is 5.69 Å². The van der Waals surface area contributed by atoms with E-state index in [0.717, 1.165) is 27.1 Å². The molecular formula is C32H29F3N4O2. The number of hydrogen-bond donors (Lipinski definition) is 0. The maximum atomic E-state index is 13.7. The number of ether oxygens (including phenoxy) is 1. The highest BCUT2D eigenvalue weighted by Gasteiger charge is 2.49. The number of hydrogen-bond acceptors (Lipinski definition) is 5. The summed E-state index contributed by atoms with van der Waals surface area (Å²) in [4.78, 5) is 12.7. The molecule has 210 valence electrons. The monoisotopic (exact) mass is 558 g/mol. The molecule has 0 saturated heterocycles. The van der Waals surface area contributed by atoms with Gasteiger partial charge >= 0.3 is 12.1 Å². The number of carbonyl (C=O) groups is 1. The van der Waals surface area contributed by atoms with Crippen molar-refractivity contribution in [3.63, 3.8) is 0 Å². The van der Waals surface area contributed by atoms with Crippen molar-refractivity contribution in [2.45, 2.75) is 43.9 Å². The van der Waals surface area contributed by atoms with Crippen molar-refractivity contribution in [3.8, 4) is 0 Å². The topological polar surface area (TPSA) is 59.7 Å². The van der Waals surface area contributed by atoms with Gasteiger partial charge in [0.2, 0.25) is 0 Å². The van der Waals surface area contributed by atoms with Gasteiger partial charge in [-0.3, -0.25) is 9.69 Å². The highest BCUT2D eigenvalue weighted by atomic mass is 19.4. The number of hydrazone groups is 1. The zero-order chi connectivity index (χ0) is 28.6. The fourth-order valence-corrected chi connectivity index (χ4v) is 6.27. The number of alkyl halides is 3. The third kappa shape index (κ3) is 4.69. The molecule has 0 saturated carbocycles. The number of fused-ring (bicyclic) bond motifs is 3. The van der Waals surface area contributed by atoms with Crippen molar-refractivity contribution in [1.29, 1.82) is 0 Å². The van der Waals surface area contributed by atoms with E-state index in [4.69, 9.17) is 9.84 Å². The molecule has 1 aliphatic heterocycles. The second-order valence-corrected chi connectivity index (χ2v) is 10.2. The predicted molar refractivity (Wildman–Crippen MR) is 149 cm³/mol. The normalized spacial score (nSPS) is 16.6. The van der Waals surface area contributed by atoms with Crippen molar-refractivity contribution >= 4 is 11.7 Å². The molecule has 6 nitrogen and oxygen atoms in total. The summed E-state index contributed by atoms with van der Waals surface area (Å²) in [6.07, 6.45) is -3.65. The average Bonchev–Trinajstić information content (AvgIpc) is 3.56. The van der Waals surface area contributed by atoms with Crippen LogP contribution in [0.25, 0.3) is 0 Å². The van der Waals surface area contributed by atoms with Crippen LogP contribution in [0.3, 0.4) is 0 Å². The Morgan fingerprint density at radius 3 is 1.90 bits per heavy atom. The number of carbonyl (C=O) groups excluding carboxylic acids is 1. The standard InChI is InChI=1S/C32H29F3N4O2/c1-2-41-30(40)28-25-18-19-27-26(29(25)38(37-28)21-31(33,34)35)20-39(36-27)32(22-12-6-3-7-13-22,23-14-8-4-9-15-23)24-16-10-5-11-17-24/h3-17,26H,2,18-21H2,1H3. The van der Waals surface area contributed by atoms with Gasteiger partial charge in [0, 0.05) is 11.3 Å². The van der Waals surface area contributed by atoms with Crippen LogP contribution in [0.15, 0.2) is 96.1 Å². The van der Waals surface area contributed by atoms with Crippen LogP contribution in [0.5, 0.6) is 0 Å². The molecule has 2 aliphatic rings. The van der Waals surface area contributed by atoms with Crippen LogP contribution >= 0.6 is 0 Å². The smallest absolute Gasteiger partial charge is 0.408 e. The zero-order valence-corrected chi connectivity index (χ0v) is 22.5. The third-order valence-corrected chi connectivity index (χ3v) is 7.82. The Labute approximate surface area is 236 Å². The summed E-state index contributed by atoms with van der Waals surface area (Å²) in [5.41, 5.74) is 3.74. The predicted octanol–water partition coefficient (Wildman–Crippen LogP) is 6.32. The first-order chi connectivity index (χ1) is 19.8. The van der Waals surface area contributed by atoms with Gasteiger partial charge in [0.25, 0.3) is 0 Å². The van der Waals surface area contributed by atoms with Crippen LogP contribution in [0, 0.1) is 0 Å². The molecule has 1 aromatic heterocycles. The molecule has 0 N–H and O–H groups in total. The van der Waals surface area contributed by atoms with E-state index in [1.165, 1.54) is 0 Å². The van der Waals surface area contributed by atoms with Gasteiger partial charge in [-0.15, -0.1) is 0 Å². The van der Waals surface area contributed by atoms with E-state index in [0.29, 0.717) is 30.6 Å². The van der Waals surface area contributed by atoms with E-state index < -0.39 is 30.1 Å². The van der Waals surface area contributed by atoms with E-state index in [9.17, 15) is 18.0 Å². The van der Waals surface area contributed by atoms with Crippen molar-refractivity contribution in [1.82, 2.24) is 14.8 Å². The summed E-state index contributed by atoms with van der Waals surface area (Å²) < 4.78 is 47.3. The van der Waals surface area contributed by atoms with Gasteiger partial charge in [-0.1, -0.05) is 91.0 Å². The summed E-state index contributed by atoms with van der Waals surface area (Å²) in [5.74, 6) is -1.17. The summed E-state index contributed by atoms with van der Waals surface area (Å²) in [6.45, 7) is 0.789. The quantitative estimate of drug-likeness (QED) is 0.197. The van der Waals surface area contributed by atoms with Crippen LogP contribution < -0.4 is 0 Å². The SMILES string of the molecule is CCOC(=O)c1nn(CC(F)(F)F)c2c1CCC1=NN(C(c3ccccc3)(c3ccccc3)c3ccccc3)CC12. The number of nitrogens with zero attached hydrogens (tertiary/aromatic N) is 4. The average molecular weight is 559 g/mol. The number of rotatable bonds is 7. The van der Waals surface area contributed by atoms with Crippen LogP contribution in [-0.2, 0) is 23.2 Å². The highest BCUT2D eigenvalue weighted by molar-refractivity contribution is 5.97. The molecule has 1 unspecified atom stereocenters. The van der Waals surface area contributed by atoms with Gasteiger partial charge in [-0.05, 0) is 36.5 Å². The van der Waals surface area contributed by atoms with E-state index >= 15 is 0 Å². The van der Waals surface area contributed by atoms with E-state index in [1.54, 1.807) is 6.92 Å². The van der Waals surface area contributed by atoms with Gasteiger partial charge in [0.1, 0.15) is 12.1 Å². The van der Waals surface area contributed by atoms with E-state index in [2.05, 4.69) is 41.5 Å². The summed E-state index contributed by atoms with van der Waals surface area (Å²) in [5, 5.41) is 11.3. The van der Waals surface area contributed by atoms with Gasteiger partial charge < -0.3 is 4.74 Å². The number of esters is 1. The molecule has 6 rings (SSSR count). The molecule has 3 aromatic carbocycles. The van der Waals surface area contributed by atoms with Crippen molar-refractivity contribution in [2.75, 3.05) is 13.2 Å². The minimum Gasteiger partial charge on any atom is -0.461 e. The molecule has 1 atom stereocenters. The van der Waals surface area contributed by atoms with E-state index in [1.807, 2.05) is 59.6 Å². The molecule has 0 radical (unpaired) electrons. The van der Waals surface area contributed by atoms with Crippen LogP contribution in [0.4, 0.5) is 13.2 Å². The maximum Gasteiger partial charge on any atom is 0.408 e. The Balaban J connectivity index is 1.53. The van der Waals surface area contributed by atoms with Crippen LogP contribution in [0.1, 0.15) is 57.7 Å². The van der Waals surface area contributed by atoms with Gasteiger partial charge in [-0.25, -0.2) is 4.79 Å². The van der Waals surface area contributed by atoms with Gasteiger partial charge in [0.05, 0.1) is 24.8 Å². The molecule has 0 bridgehead atoms. The zero-order valence-electron chi connectivity index (χ0n) is 22.5. The Kier molecular flexibility index (Phi) is 6.89. The van der Waals surface area contributed by atoms with Crippen molar-refractivity contribution in [3.05, 3.63) is 125 Å². The Morgan fingerprint density at radius 1 is 0.878 bits per heavy atom. The lowest BCUT2D eigenvalue weighted by atomic mass is 9.76. The molecule has 41 heavy (non-hydrogen) atoms. The first-order valence-corrected chi connectivity index (χ1v) is 13.7. The maximum absolute atomic E-state index is 13.7. The lowest BCUT2D eigenvalue weighted by molar-refractivity contribution is -0.143. The molecule has 2 heterocycles. The Bertz CT molecular complexity index is 1470. The summed E-state index contributed by atoms with van der Waals surface area (Å²) in [7, 11) is 0. The third-order valence-electron chi connectivity index (χ3n) is 7.82. The molecule has 4 aromatic rings. The lowest BCUT2D eigenvalue weighted by Crippen LogP contribution is -2.45. The number of halogens is 3. The molecule has 0 fully saturated rings. The largest absolute Gasteiger partial charge is 0.461 e. The fourth-order valence-electron chi connectivity index (χ4n) is 6.27. The molecule has 0 amide bonds. The second kappa shape index (κ2) is 10.5. The molecule has 0 spiro atoms. The van der Waals surface area contributed by atoms with Crippen molar-refractivity contribution < 1.29 is 22.7 Å². The molecule has 1 aliphatic carbocycles. The fraction of sp³-hybridized carbons (Fsp3) is 0.281. The van der Waals surface area contributed by atoms with Crippen LogP contribution in [0.2, 0.25) is 0 Å².